The number of amides is 1. The van der Waals surface area contributed by atoms with Gasteiger partial charge in [-0.1, -0.05) is 0 Å². The van der Waals surface area contributed by atoms with Gasteiger partial charge in [-0.25, -0.2) is 4.39 Å². The maximum absolute atomic E-state index is 13.2. The van der Waals surface area contributed by atoms with E-state index in [9.17, 15) is 14.0 Å². The van der Waals surface area contributed by atoms with Crippen LogP contribution in [0.1, 0.15) is 24.2 Å². The van der Waals surface area contributed by atoms with Crippen LogP contribution in [0.2, 0.25) is 0 Å². The minimum Gasteiger partial charge on any atom is -0.481 e. The minimum absolute atomic E-state index is 0.0289. The zero-order chi connectivity index (χ0) is 13.9. The van der Waals surface area contributed by atoms with Gasteiger partial charge in [0.2, 0.25) is 0 Å². The van der Waals surface area contributed by atoms with Gasteiger partial charge in [0.1, 0.15) is 5.82 Å². The summed E-state index contributed by atoms with van der Waals surface area (Å²) in [5, 5.41) is 11.4. The lowest BCUT2D eigenvalue weighted by molar-refractivity contribution is -0.146. The maximum Gasteiger partial charge on any atom is 0.310 e. The van der Waals surface area contributed by atoms with E-state index >= 15 is 0 Å². The van der Waals surface area contributed by atoms with E-state index in [2.05, 4.69) is 21.2 Å². The third-order valence-corrected chi connectivity index (χ3v) is 3.09. The number of halogens is 2. The Labute approximate surface area is 112 Å². The lowest BCUT2D eigenvalue weighted by Crippen LogP contribution is -2.38. The highest BCUT2D eigenvalue weighted by Crippen LogP contribution is 2.17. The van der Waals surface area contributed by atoms with E-state index in [1.165, 1.54) is 26.0 Å². The number of carboxylic acids is 1. The molecule has 98 valence electrons. The molecule has 0 unspecified atom stereocenters. The van der Waals surface area contributed by atoms with E-state index in [1.807, 2.05) is 0 Å². The zero-order valence-electron chi connectivity index (χ0n) is 9.96. The Balaban J connectivity index is 2.72. The largest absolute Gasteiger partial charge is 0.481 e. The van der Waals surface area contributed by atoms with Crippen LogP contribution in [0.3, 0.4) is 0 Å². The van der Waals surface area contributed by atoms with Crippen molar-refractivity contribution >= 4 is 27.8 Å². The number of aliphatic carboxylic acids is 1. The number of hydrogen-bond donors (Lipinski definition) is 2. The van der Waals surface area contributed by atoms with Crippen LogP contribution in [0, 0.1) is 11.2 Å². The average Bonchev–Trinajstić information content (AvgIpc) is 2.29. The van der Waals surface area contributed by atoms with Crippen molar-refractivity contribution in [1.29, 1.82) is 0 Å². The first-order chi connectivity index (χ1) is 8.24. The molecule has 18 heavy (non-hydrogen) atoms. The summed E-state index contributed by atoms with van der Waals surface area (Å²) in [5.41, 5.74) is -0.916. The number of nitrogens with one attached hydrogen (secondary N) is 1. The van der Waals surface area contributed by atoms with Crippen molar-refractivity contribution in [3.8, 4) is 0 Å². The van der Waals surface area contributed by atoms with Crippen molar-refractivity contribution in [2.75, 3.05) is 6.54 Å². The molecule has 0 aliphatic rings. The lowest BCUT2D eigenvalue weighted by atomic mass is 9.94. The smallest absolute Gasteiger partial charge is 0.310 e. The summed E-state index contributed by atoms with van der Waals surface area (Å²) in [6.45, 7) is 2.97. The first-order valence-electron chi connectivity index (χ1n) is 5.20. The Bertz CT molecular complexity index is 488. The minimum atomic E-state index is -1.07. The molecule has 0 heterocycles. The maximum atomic E-state index is 13.2. The van der Waals surface area contributed by atoms with Crippen molar-refractivity contribution in [2.24, 2.45) is 5.41 Å². The van der Waals surface area contributed by atoms with Gasteiger partial charge in [0, 0.05) is 12.1 Å². The molecule has 0 saturated heterocycles. The Morgan fingerprint density at radius 3 is 2.56 bits per heavy atom. The first-order valence-corrected chi connectivity index (χ1v) is 6.00. The van der Waals surface area contributed by atoms with Crippen molar-refractivity contribution in [1.82, 2.24) is 5.32 Å². The van der Waals surface area contributed by atoms with E-state index in [1.54, 1.807) is 0 Å². The van der Waals surface area contributed by atoms with Crippen molar-refractivity contribution in [3.05, 3.63) is 34.1 Å². The number of carbonyl (C=O) groups excluding carboxylic acids is 1. The quantitative estimate of drug-likeness (QED) is 0.896. The lowest BCUT2D eigenvalue weighted by Gasteiger charge is -2.19. The fraction of sp³-hybridized carbons (Fsp3) is 0.333. The molecule has 0 aliphatic carbocycles. The number of carbonyl (C=O) groups is 2. The Kier molecular flexibility index (Phi) is 4.45. The van der Waals surface area contributed by atoms with Gasteiger partial charge in [0.05, 0.1) is 9.89 Å². The zero-order valence-corrected chi connectivity index (χ0v) is 11.5. The van der Waals surface area contributed by atoms with Crippen LogP contribution in [-0.2, 0) is 4.79 Å². The standard InChI is InChI=1S/C12H13BrFNO3/c1-12(2,11(17)18)6-15-10(16)7-3-4-8(13)9(14)5-7/h3-5H,6H2,1-2H3,(H,15,16)(H,17,18). The summed E-state index contributed by atoms with van der Waals surface area (Å²) < 4.78 is 13.5. The summed E-state index contributed by atoms with van der Waals surface area (Å²) in [7, 11) is 0. The second-order valence-corrected chi connectivity index (χ2v) is 5.35. The van der Waals surface area contributed by atoms with E-state index < -0.39 is 23.1 Å². The molecule has 0 fully saturated rings. The summed E-state index contributed by atoms with van der Waals surface area (Å²) >= 11 is 2.98. The van der Waals surface area contributed by atoms with Gasteiger partial charge >= 0.3 is 5.97 Å². The number of rotatable bonds is 4. The van der Waals surface area contributed by atoms with Gasteiger partial charge in [-0.15, -0.1) is 0 Å². The van der Waals surface area contributed by atoms with Gasteiger partial charge in [0.25, 0.3) is 5.91 Å². The molecule has 1 rings (SSSR count). The predicted molar refractivity (Wildman–Crippen MR) is 67.9 cm³/mol. The first kappa shape index (κ1) is 14.6. The normalized spacial score (nSPS) is 11.1. The molecule has 0 radical (unpaired) electrons. The van der Waals surface area contributed by atoms with Crippen LogP contribution in [0.25, 0.3) is 0 Å². The molecule has 0 atom stereocenters. The summed E-state index contributed by atoms with van der Waals surface area (Å²) in [5.74, 6) is -2.05. The van der Waals surface area contributed by atoms with Gasteiger partial charge in [-0.2, -0.15) is 0 Å². The molecule has 1 aromatic rings. The Morgan fingerprint density at radius 2 is 2.06 bits per heavy atom. The Morgan fingerprint density at radius 1 is 1.44 bits per heavy atom. The molecule has 0 saturated carbocycles. The van der Waals surface area contributed by atoms with Crippen LogP contribution >= 0.6 is 15.9 Å². The van der Waals surface area contributed by atoms with E-state index in [-0.39, 0.29) is 16.6 Å². The van der Waals surface area contributed by atoms with Crippen molar-refractivity contribution in [2.45, 2.75) is 13.8 Å². The van der Waals surface area contributed by atoms with Crippen LogP contribution < -0.4 is 5.32 Å². The van der Waals surface area contributed by atoms with Crippen LogP contribution in [0.4, 0.5) is 4.39 Å². The van der Waals surface area contributed by atoms with Gasteiger partial charge in [0.15, 0.2) is 0 Å². The third kappa shape index (κ3) is 3.53. The molecule has 0 spiro atoms. The van der Waals surface area contributed by atoms with Crippen LogP contribution in [0.15, 0.2) is 22.7 Å². The monoisotopic (exact) mass is 317 g/mol. The molecule has 0 aromatic heterocycles. The molecular weight excluding hydrogens is 305 g/mol. The van der Waals surface area contributed by atoms with E-state index in [4.69, 9.17) is 5.11 Å². The number of carboxylic acid groups (broad SMARTS) is 1. The molecular formula is C12H13BrFNO3. The SMILES string of the molecule is CC(C)(CNC(=O)c1ccc(Br)c(F)c1)C(=O)O. The summed E-state index contributed by atoms with van der Waals surface area (Å²) in [6, 6.07) is 3.97. The number of hydrogen-bond acceptors (Lipinski definition) is 2. The van der Waals surface area contributed by atoms with Gasteiger partial charge in [-0.05, 0) is 48.0 Å². The fourth-order valence-corrected chi connectivity index (χ4v) is 1.36. The molecule has 4 nitrogen and oxygen atoms in total. The predicted octanol–water partition coefficient (Wildman–Crippen LogP) is 2.43. The van der Waals surface area contributed by atoms with Crippen molar-refractivity contribution < 1.29 is 19.1 Å². The molecule has 2 N–H and O–H groups in total. The second-order valence-electron chi connectivity index (χ2n) is 4.50. The number of benzene rings is 1. The molecule has 0 aliphatic heterocycles. The fourth-order valence-electron chi connectivity index (χ4n) is 1.12. The molecule has 0 bridgehead atoms. The van der Waals surface area contributed by atoms with Crippen LogP contribution in [-0.4, -0.2) is 23.5 Å². The highest BCUT2D eigenvalue weighted by molar-refractivity contribution is 9.10. The van der Waals surface area contributed by atoms with Crippen LogP contribution in [0.5, 0.6) is 0 Å². The van der Waals surface area contributed by atoms with E-state index in [0.717, 1.165) is 6.07 Å². The van der Waals surface area contributed by atoms with Gasteiger partial charge < -0.3 is 10.4 Å². The topological polar surface area (TPSA) is 66.4 Å². The molecule has 1 amide bonds. The summed E-state index contributed by atoms with van der Waals surface area (Å²) in [4.78, 5) is 22.5. The average molecular weight is 318 g/mol. The van der Waals surface area contributed by atoms with Crippen molar-refractivity contribution in [3.63, 3.8) is 0 Å². The molecule has 6 heteroatoms. The molecule has 1 aromatic carbocycles. The Hall–Kier alpha value is -1.43. The highest BCUT2D eigenvalue weighted by Gasteiger charge is 2.27. The second kappa shape index (κ2) is 5.48. The third-order valence-electron chi connectivity index (χ3n) is 2.45. The van der Waals surface area contributed by atoms with Gasteiger partial charge in [-0.3, -0.25) is 9.59 Å². The highest BCUT2D eigenvalue weighted by atomic mass is 79.9. The summed E-state index contributed by atoms with van der Waals surface area (Å²) in [6.07, 6.45) is 0. The van der Waals surface area contributed by atoms with E-state index in [0.29, 0.717) is 0 Å².